The first kappa shape index (κ1) is 11.5. The van der Waals surface area contributed by atoms with E-state index in [4.69, 9.17) is 6.42 Å². The molecule has 12 heavy (non-hydrogen) atoms. The van der Waals surface area contributed by atoms with Gasteiger partial charge >= 0.3 is 0 Å². The van der Waals surface area contributed by atoms with Crippen LogP contribution >= 0.6 is 0 Å². The Balaban J connectivity index is 3.62. The second kappa shape index (κ2) is 7.18. The Morgan fingerprint density at radius 2 is 2.08 bits per heavy atom. The zero-order valence-electron chi connectivity index (χ0n) is 8.56. The third-order valence-corrected chi connectivity index (χ3v) is 2.10. The van der Waals surface area contributed by atoms with E-state index >= 15 is 0 Å². The monoisotopic (exact) mass is 167 g/mol. The molecule has 0 saturated carbocycles. The maximum absolute atomic E-state index is 5.26. The first-order chi connectivity index (χ1) is 5.74. The Hall–Kier alpha value is -0.480. The molecule has 0 heterocycles. The molecule has 0 rings (SSSR count). The maximum atomic E-state index is 5.26. The lowest BCUT2D eigenvalue weighted by atomic mass is 10.1. The molecule has 70 valence electrons. The van der Waals surface area contributed by atoms with Crippen LogP contribution in [-0.4, -0.2) is 12.1 Å². The molecule has 0 radical (unpaired) electrons. The minimum Gasteiger partial charge on any atom is -0.311 e. The van der Waals surface area contributed by atoms with E-state index in [1.807, 2.05) is 0 Å². The quantitative estimate of drug-likeness (QED) is 0.599. The van der Waals surface area contributed by atoms with Gasteiger partial charge in [0.25, 0.3) is 0 Å². The van der Waals surface area contributed by atoms with E-state index in [1.54, 1.807) is 0 Å². The predicted molar refractivity (Wildman–Crippen MR) is 55.0 cm³/mol. The first-order valence-electron chi connectivity index (χ1n) is 4.94. The largest absolute Gasteiger partial charge is 0.311 e. The second-order valence-corrected chi connectivity index (χ2v) is 3.37. The molecule has 0 aliphatic heterocycles. The van der Waals surface area contributed by atoms with E-state index in [0.29, 0.717) is 12.1 Å². The van der Waals surface area contributed by atoms with Crippen molar-refractivity contribution in [3.63, 3.8) is 0 Å². The molecule has 0 amide bonds. The molecule has 0 bridgehead atoms. The minimum absolute atomic E-state index is 0.511. The van der Waals surface area contributed by atoms with Crippen LogP contribution in [0.4, 0.5) is 0 Å². The Labute approximate surface area is 76.9 Å². The third kappa shape index (κ3) is 5.21. The van der Waals surface area contributed by atoms with Gasteiger partial charge in [0.1, 0.15) is 0 Å². The maximum Gasteiger partial charge on any atom is 0.0240 e. The van der Waals surface area contributed by atoms with E-state index in [2.05, 4.69) is 32.0 Å². The third-order valence-electron chi connectivity index (χ3n) is 2.10. The van der Waals surface area contributed by atoms with Crippen LogP contribution in [0.1, 0.15) is 46.5 Å². The molecule has 1 nitrogen and oxygen atoms in total. The lowest BCUT2D eigenvalue weighted by Gasteiger charge is -2.19. The van der Waals surface area contributed by atoms with Crippen LogP contribution < -0.4 is 5.32 Å². The van der Waals surface area contributed by atoms with Gasteiger partial charge in [-0.15, -0.1) is 12.3 Å². The van der Waals surface area contributed by atoms with Gasteiger partial charge in [0.2, 0.25) is 0 Å². The number of rotatable bonds is 6. The van der Waals surface area contributed by atoms with Crippen LogP contribution in [0.3, 0.4) is 0 Å². The molecule has 0 saturated heterocycles. The Bertz CT molecular complexity index is 134. The van der Waals surface area contributed by atoms with Gasteiger partial charge in [-0.05, 0) is 19.8 Å². The second-order valence-electron chi connectivity index (χ2n) is 3.37. The predicted octanol–water partition coefficient (Wildman–Crippen LogP) is 2.57. The molecule has 0 aliphatic carbocycles. The molecule has 1 N–H and O–H groups in total. The minimum atomic E-state index is 0.511. The summed E-state index contributed by atoms with van der Waals surface area (Å²) in [5.41, 5.74) is 0. The Kier molecular flexibility index (Phi) is 6.90. The van der Waals surface area contributed by atoms with Crippen molar-refractivity contribution in [2.75, 3.05) is 0 Å². The van der Waals surface area contributed by atoms with Crippen LogP contribution in [0.25, 0.3) is 0 Å². The average molecular weight is 167 g/mol. The topological polar surface area (TPSA) is 12.0 Å². The van der Waals surface area contributed by atoms with E-state index in [0.717, 1.165) is 12.8 Å². The average Bonchev–Trinajstić information content (AvgIpc) is 2.04. The summed E-state index contributed by atoms with van der Waals surface area (Å²) in [5, 5.41) is 3.53. The number of nitrogens with one attached hydrogen (secondary N) is 1. The molecule has 0 aromatic heterocycles. The zero-order valence-corrected chi connectivity index (χ0v) is 8.56. The highest BCUT2D eigenvalue weighted by Crippen LogP contribution is 2.01. The number of terminal acetylenes is 1. The molecule has 2 unspecified atom stereocenters. The first-order valence-corrected chi connectivity index (χ1v) is 4.94. The van der Waals surface area contributed by atoms with E-state index < -0.39 is 0 Å². The smallest absolute Gasteiger partial charge is 0.0240 e. The van der Waals surface area contributed by atoms with E-state index in [-0.39, 0.29) is 0 Å². The van der Waals surface area contributed by atoms with Gasteiger partial charge in [-0.2, -0.15) is 0 Å². The Morgan fingerprint density at radius 1 is 1.42 bits per heavy atom. The van der Waals surface area contributed by atoms with Gasteiger partial charge in [-0.3, -0.25) is 0 Å². The highest BCUT2D eigenvalue weighted by molar-refractivity contribution is 4.89. The fourth-order valence-electron chi connectivity index (χ4n) is 1.38. The summed E-state index contributed by atoms with van der Waals surface area (Å²) >= 11 is 0. The van der Waals surface area contributed by atoms with Crippen molar-refractivity contribution < 1.29 is 0 Å². The summed E-state index contributed by atoms with van der Waals surface area (Å²) in [6.07, 6.45) is 9.71. The van der Waals surface area contributed by atoms with Crippen molar-refractivity contribution in [1.29, 1.82) is 0 Å². The molecule has 0 aromatic rings. The van der Waals surface area contributed by atoms with E-state index in [9.17, 15) is 0 Å². The zero-order chi connectivity index (χ0) is 9.40. The number of hydrogen-bond acceptors (Lipinski definition) is 1. The summed E-state index contributed by atoms with van der Waals surface area (Å²) in [6.45, 7) is 6.61. The van der Waals surface area contributed by atoms with Crippen LogP contribution in [0.2, 0.25) is 0 Å². The molecular weight excluding hydrogens is 146 g/mol. The molecule has 0 fully saturated rings. The van der Waals surface area contributed by atoms with Crippen molar-refractivity contribution in [2.45, 2.75) is 58.5 Å². The fraction of sp³-hybridized carbons (Fsp3) is 0.818. The van der Waals surface area contributed by atoms with Crippen molar-refractivity contribution in [3.8, 4) is 12.3 Å². The van der Waals surface area contributed by atoms with Gasteiger partial charge in [0.15, 0.2) is 0 Å². The highest BCUT2D eigenvalue weighted by Gasteiger charge is 2.07. The van der Waals surface area contributed by atoms with Crippen molar-refractivity contribution >= 4 is 0 Å². The summed E-state index contributed by atoms with van der Waals surface area (Å²) in [6, 6.07) is 1.12. The van der Waals surface area contributed by atoms with Crippen LogP contribution in [0, 0.1) is 12.3 Å². The molecule has 1 heteroatoms. The summed E-state index contributed by atoms with van der Waals surface area (Å²) < 4.78 is 0. The molecule has 0 aromatic carbocycles. The summed E-state index contributed by atoms with van der Waals surface area (Å²) in [4.78, 5) is 0. The van der Waals surface area contributed by atoms with Crippen LogP contribution in [-0.2, 0) is 0 Å². The van der Waals surface area contributed by atoms with Gasteiger partial charge < -0.3 is 5.32 Å². The lowest BCUT2D eigenvalue weighted by molar-refractivity contribution is 0.419. The molecule has 2 atom stereocenters. The van der Waals surface area contributed by atoms with Gasteiger partial charge in [-0.25, -0.2) is 0 Å². The van der Waals surface area contributed by atoms with E-state index in [1.165, 1.54) is 12.8 Å². The molecule has 0 spiro atoms. The highest BCUT2D eigenvalue weighted by atomic mass is 14.9. The summed E-state index contributed by atoms with van der Waals surface area (Å²) in [5.74, 6) is 2.70. The van der Waals surface area contributed by atoms with Gasteiger partial charge in [0, 0.05) is 18.5 Å². The SMILES string of the molecule is C#CCC(CC)NC(C)CCC. The van der Waals surface area contributed by atoms with Gasteiger partial charge in [0.05, 0.1) is 0 Å². The lowest BCUT2D eigenvalue weighted by Crippen LogP contribution is -2.35. The van der Waals surface area contributed by atoms with Crippen molar-refractivity contribution in [3.05, 3.63) is 0 Å². The number of hydrogen-bond donors (Lipinski definition) is 1. The summed E-state index contributed by atoms with van der Waals surface area (Å²) in [7, 11) is 0. The Morgan fingerprint density at radius 3 is 2.50 bits per heavy atom. The fourth-order valence-corrected chi connectivity index (χ4v) is 1.38. The molecule has 0 aliphatic rings. The van der Waals surface area contributed by atoms with Crippen LogP contribution in [0.15, 0.2) is 0 Å². The normalized spacial score (nSPS) is 15.2. The van der Waals surface area contributed by atoms with Crippen LogP contribution in [0.5, 0.6) is 0 Å². The standard InChI is InChI=1S/C11H21N/c1-5-8-10(4)12-11(7-3)9-6-2/h2,10-12H,5,7-9H2,1,3-4H3. The van der Waals surface area contributed by atoms with Crippen molar-refractivity contribution in [1.82, 2.24) is 5.32 Å². The van der Waals surface area contributed by atoms with Crippen molar-refractivity contribution in [2.24, 2.45) is 0 Å². The van der Waals surface area contributed by atoms with Gasteiger partial charge in [-0.1, -0.05) is 20.3 Å². The molecular formula is C11H21N.